The Morgan fingerprint density at radius 3 is 1.80 bits per heavy atom. The van der Waals surface area contributed by atoms with E-state index < -0.39 is 60.7 Å². The quantitative estimate of drug-likeness (QED) is 0.115. The molecule has 13 heteroatoms. The van der Waals surface area contributed by atoms with E-state index in [0.717, 1.165) is 4.57 Å². The number of aliphatic hydroxyl groups is 1. The van der Waals surface area contributed by atoms with Gasteiger partial charge < -0.3 is 29.2 Å². The summed E-state index contributed by atoms with van der Waals surface area (Å²) >= 11 is 0. The third-order valence-corrected chi connectivity index (χ3v) is 7.44. The van der Waals surface area contributed by atoms with Gasteiger partial charge in [0.2, 0.25) is 0 Å². The Kier molecular flexibility index (Phi) is 11.3. The van der Waals surface area contributed by atoms with E-state index in [-0.39, 0.29) is 47.4 Å². The highest BCUT2D eigenvalue weighted by Crippen LogP contribution is 2.35. The van der Waals surface area contributed by atoms with Crippen molar-refractivity contribution in [2.45, 2.75) is 43.8 Å². The van der Waals surface area contributed by atoms with Gasteiger partial charge in [0, 0.05) is 25.1 Å². The predicted octanol–water partition coefficient (Wildman–Crippen LogP) is 4.60. The Bertz CT molecular complexity index is 1860. The number of carbonyl (C=O) groups excluding carboxylic acids is 3. The van der Waals surface area contributed by atoms with Gasteiger partial charge in [-0.3, -0.25) is 9.36 Å². The van der Waals surface area contributed by atoms with E-state index in [1.54, 1.807) is 66.7 Å². The number of hydrogen-bond acceptors (Lipinski definition) is 11. The van der Waals surface area contributed by atoms with Crippen LogP contribution in [0.25, 0.3) is 6.08 Å². The highest BCUT2D eigenvalue weighted by atomic mass is 16.7. The fraction of sp³-hybridized carbons (Fsp3) is 0.222. The Hall–Kier alpha value is -6.08. The summed E-state index contributed by atoms with van der Waals surface area (Å²) < 4.78 is 24.5. The molecule has 1 aliphatic rings. The summed E-state index contributed by atoms with van der Waals surface area (Å²) in [5, 5.41) is 19.0. The van der Waals surface area contributed by atoms with Crippen LogP contribution >= 0.6 is 0 Å². The topological polar surface area (TPSA) is 181 Å². The number of carboxylic acid groups (broad SMARTS) is 1. The molecule has 0 spiro atoms. The molecule has 1 aromatic heterocycles. The van der Waals surface area contributed by atoms with Gasteiger partial charge in [0.25, 0.3) is 0 Å². The second-order valence-electron chi connectivity index (χ2n) is 10.9. The minimum absolute atomic E-state index is 0.0537. The van der Waals surface area contributed by atoms with Crippen LogP contribution in [-0.4, -0.2) is 68.6 Å². The number of ether oxygens (including phenoxy) is 4. The maximum absolute atomic E-state index is 13.4. The average molecular weight is 669 g/mol. The SMILES string of the molecule is O=C(O)CCC/C(O)=C/c1ccn([C@@H]2O[C@H](COC(=O)c3ccccc3)[C@@H](OC(=O)c3ccccc3)[C@H]2OC(=O)c2ccccc2)c(=O)n1. The van der Waals surface area contributed by atoms with Gasteiger partial charge >= 0.3 is 29.6 Å². The highest BCUT2D eigenvalue weighted by Gasteiger charge is 2.51. The maximum Gasteiger partial charge on any atom is 0.350 e. The third-order valence-electron chi connectivity index (χ3n) is 7.44. The number of carboxylic acids is 1. The molecule has 13 nitrogen and oxygen atoms in total. The minimum atomic E-state index is -1.42. The van der Waals surface area contributed by atoms with Crippen LogP contribution in [0.15, 0.2) is 114 Å². The van der Waals surface area contributed by atoms with Crippen molar-refractivity contribution in [3.63, 3.8) is 0 Å². The first kappa shape index (κ1) is 34.3. The Balaban J connectivity index is 1.47. The Morgan fingerprint density at radius 2 is 1.27 bits per heavy atom. The van der Waals surface area contributed by atoms with Crippen LogP contribution in [0.5, 0.6) is 0 Å². The lowest BCUT2D eigenvalue weighted by atomic mass is 10.1. The van der Waals surface area contributed by atoms with E-state index in [1.807, 2.05) is 0 Å². The first-order valence-electron chi connectivity index (χ1n) is 15.3. The van der Waals surface area contributed by atoms with Crippen molar-refractivity contribution in [1.82, 2.24) is 9.55 Å². The molecule has 1 aliphatic heterocycles. The molecule has 0 unspecified atom stereocenters. The molecule has 0 radical (unpaired) electrons. The van der Waals surface area contributed by atoms with Gasteiger partial charge in [-0.25, -0.2) is 19.2 Å². The lowest BCUT2D eigenvalue weighted by Crippen LogP contribution is -2.42. The molecule has 5 rings (SSSR count). The van der Waals surface area contributed by atoms with Crippen molar-refractivity contribution in [1.29, 1.82) is 0 Å². The van der Waals surface area contributed by atoms with E-state index in [2.05, 4.69) is 4.98 Å². The van der Waals surface area contributed by atoms with Crippen LogP contribution in [0.1, 0.15) is 62.3 Å². The molecule has 1 fully saturated rings. The van der Waals surface area contributed by atoms with Crippen LogP contribution in [0, 0.1) is 0 Å². The summed E-state index contributed by atoms with van der Waals surface area (Å²) in [6.07, 6.45) is -2.78. The third kappa shape index (κ3) is 9.05. The van der Waals surface area contributed by atoms with Crippen molar-refractivity contribution in [2.75, 3.05) is 6.61 Å². The monoisotopic (exact) mass is 668 g/mol. The smallest absolute Gasteiger partial charge is 0.350 e. The molecule has 3 aromatic carbocycles. The first-order valence-corrected chi connectivity index (χ1v) is 15.3. The molecule has 252 valence electrons. The predicted molar refractivity (Wildman–Crippen MR) is 173 cm³/mol. The summed E-state index contributed by atoms with van der Waals surface area (Å²) in [4.78, 5) is 67.6. The van der Waals surface area contributed by atoms with Gasteiger partial charge in [-0.15, -0.1) is 0 Å². The number of nitrogens with zero attached hydrogens (tertiary/aromatic N) is 2. The number of aromatic nitrogens is 2. The second-order valence-corrected chi connectivity index (χ2v) is 10.9. The molecule has 1 saturated heterocycles. The number of esters is 3. The molecular formula is C36H32N2O11. The standard InChI is InChI=1S/C36H32N2O11/c39-27(17-10-18-29(40)41)21-26-19-20-38(36(45)37-26)32-31(49-35(44)25-15-8-3-9-16-25)30(48-34(43)24-13-6-2-7-14-24)28(47-32)22-46-33(42)23-11-4-1-5-12-23/h1-9,11-16,19-21,28,30-32,39H,10,17-18,22H2,(H,40,41)/b27-21-/t28-,30-,31-,32-/m1/s1. The van der Waals surface area contributed by atoms with E-state index in [0.29, 0.717) is 0 Å². The zero-order valence-electron chi connectivity index (χ0n) is 26.0. The molecule has 0 amide bonds. The van der Waals surface area contributed by atoms with Crippen molar-refractivity contribution in [3.8, 4) is 0 Å². The Morgan fingerprint density at radius 1 is 0.735 bits per heavy atom. The van der Waals surface area contributed by atoms with Crippen molar-refractivity contribution >= 4 is 30.0 Å². The van der Waals surface area contributed by atoms with E-state index in [9.17, 15) is 29.1 Å². The molecule has 2 heterocycles. The Labute approximate surface area is 280 Å². The lowest BCUT2D eigenvalue weighted by Gasteiger charge is -2.25. The minimum Gasteiger partial charge on any atom is -0.512 e. The van der Waals surface area contributed by atoms with Crippen LogP contribution in [0.2, 0.25) is 0 Å². The fourth-order valence-electron chi connectivity index (χ4n) is 5.04. The first-order chi connectivity index (χ1) is 23.7. The van der Waals surface area contributed by atoms with Crippen molar-refractivity contribution in [2.24, 2.45) is 0 Å². The van der Waals surface area contributed by atoms with Crippen LogP contribution in [0.4, 0.5) is 0 Å². The van der Waals surface area contributed by atoms with Crippen LogP contribution in [0.3, 0.4) is 0 Å². The lowest BCUT2D eigenvalue weighted by molar-refractivity contribution is -0.137. The number of allylic oxidation sites excluding steroid dienone is 1. The molecule has 2 N–H and O–H groups in total. The number of aliphatic hydroxyl groups excluding tert-OH is 1. The summed E-state index contributed by atoms with van der Waals surface area (Å²) in [6.45, 7) is -0.441. The zero-order valence-corrected chi connectivity index (χ0v) is 26.0. The molecule has 0 bridgehead atoms. The van der Waals surface area contributed by atoms with Crippen molar-refractivity contribution < 1.29 is 48.3 Å². The molecule has 49 heavy (non-hydrogen) atoms. The van der Waals surface area contributed by atoms with Gasteiger partial charge in [0.15, 0.2) is 18.4 Å². The highest BCUT2D eigenvalue weighted by molar-refractivity contribution is 5.91. The van der Waals surface area contributed by atoms with Gasteiger partial charge in [0.1, 0.15) is 12.7 Å². The van der Waals surface area contributed by atoms with Gasteiger partial charge in [0.05, 0.1) is 28.1 Å². The number of hydrogen-bond donors (Lipinski definition) is 2. The van der Waals surface area contributed by atoms with E-state index >= 15 is 0 Å². The maximum atomic E-state index is 13.4. The normalized spacial score (nSPS) is 18.7. The molecule has 4 atom stereocenters. The van der Waals surface area contributed by atoms with Gasteiger partial charge in [-0.2, -0.15) is 4.98 Å². The summed E-state index contributed by atoms with van der Waals surface area (Å²) in [5.41, 5.74) is -0.162. The van der Waals surface area contributed by atoms with Crippen LogP contribution in [-0.2, 0) is 23.7 Å². The van der Waals surface area contributed by atoms with Gasteiger partial charge in [-0.05, 0) is 48.9 Å². The summed E-state index contributed by atoms with van der Waals surface area (Å²) in [7, 11) is 0. The molecule has 4 aromatic rings. The second kappa shape index (κ2) is 16.2. The molecular weight excluding hydrogens is 636 g/mol. The summed E-state index contributed by atoms with van der Waals surface area (Å²) in [5.74, 6) is -3.44. The zero-order chi connectivity index (χ0) is 34.8. The molecule has 0 aliphatic carbocycles. The number of carbonyl (C=O) groups is 4. The largest absolute Gasteiger partial charge is 0.512 e. The van der Waals surface area contributed by atoms with E-state index in [1.165, 1.54) is 42.6 Å². The van der Waals surface area contributed by atoms with E-state index in [4.69, 9.17) is 24.1 Å². The molecule has 0 saturated carbocycles. The summed E-state index contributed by atoms with van der Waals surface area (Å²) in [6, 6.07) is 25.7. The van der Waals surface area contributed by atoms with Crippen molar-refractivity contribution in [3.05, 3.63) is 142 Å². The van der Waals surface area contributed by atoms with Crippen LogP contribution < -0.4 is 5.69 Å². The number of aliphatic carboxylic acids is 1. The number of benzene rings is 3. The van der Waals surface area contributed by atoms with Gasteiger partial charge in [-0.1, -0.05) is 54.6 Å². The fourth-order valence-corrected chi connectivity index (χ4v) is 5.04. The average Bonchev–Trinajstić information content (AvgIpc) is 3.43. The number of rotatable bonds is 13.